The van der Waals surface area contributed by atoms with Gasteiger partial charge in [0.05, 0.1) is 0 Å². The Morgan fingerprint density at radius 1 is 1.45 bits per heavy atom. The molecule has 1 aromatic carbocycles. The summed E-state index contributed by atoms with van der Waals surface area (Å²) in [5.74, 6) is 0. The van der Waals surface area contributed by atoms with Gasteiger partial charge in [-0.15, -0.1) is 4.90 Å². The average Bonchev–Trinajstić information content (AvgIpc) is 2.05. The van der Waals surface area contributed by atoms with Gasteiger partial charge in [0.25, 0.3) is 0 Å². The van der Waals surface area contributed by atoms with Crippen LogP contribution in [0.5, 0.6) is 0 Å². The second-order valence-corrected chi connectivity index (χ2v) is 2.95. The van der Waals surface area contributed by atoms with Crippen molar-refractivity contribution < 1.29 is 29.6 Å². The molecule has 0 radical (unpaired) electrons. The number of hydrogen-bond acceptors (Lipinski definition) is 1. The van der Waals surface area contributed by atoms with E-state index < -0.39 is 0 Å². The molecule has 0 fully saturated rings. The number of rotatable bonds is 2. The van der Waals surface area contributed by atoms with E-state index in [0.29, 0.717) is 0 Å². The zero-order valence-electron chi connectivity index (χ0n) is 7.35. The summed E-state index contributed by atoms with van der Waals surface area (Å²) < 4.78 is 0. The molecule has 0 heterocycles. The Hall–Kier alpha value is 0.570. The Bertz CT molecular complexity index is 191. The third kappa shape index (κ3) is 3.66. The van der Waals surface area contributed by atoms with Gasteiger partial charge in [0.15, 0.2) is 0 Å². The van der Waals surface area contributed by atoms with Crippen molar-refractivity contribution in [2.24, 2.45) is 0 Å². The van der Waals surface area contributed by atoms with Crippen LogP contribution in [0.1, 0.15) is 12.5 Å². The van der Waals surface area contributed by atoms with Gasteiger partial charge in [-0.2, -0.15) is 41.6 Å². The zero-order valence-corrected chi connectivity index (χ0v) is 10.2. The van der Waals surface area contributed by atoms with Crippen molar-refractivity contribution in [3.8, 4) is 0 Å². The SMILES string of the molecule is CCc1[c-]c(SC)ccc1.[Na+]. The quantitative estimate of drug-likeness (QED) is 0.339. The van der Waals surface area contributed by atoms with Crippen LogP contribution < -0.4 is 29.6 Å². The summed E-state index contributed by atoms with van der Waals surface area (Å²) in [6, 6.07) is 9.59. The second-order valence-electron chi connectivity index (χ2n) is 2.10. The topological polar surface area (TPSA) is 0 Å². The molecule has 0 aliphatic rings. The van der Waals surface area contributed by atoms with Crippen molar-refractivity contribution in [1.82, 2.24) is 0 Å². The number of hydrogen-bond donors (Lipinski definition) is 0. The number of aryl methyl sites for hydroxylation is 1. The molecule has 2 heteroatoms. The van der Waals surface area contributed by atoms with Crippen molar-refractivity contribution >= 4 is 11.8 Å². The summed E-state index contributed by atoms with van der Waals surface area (Å²) in [4.78, 5) is 1.24. The van der Waals surface area contributed by atoms with Gasteiger partial charge < -0.3 is 0 Å². The molecule has 0 N–H and O–H groups in total. The van der Waals surface area contributed by atoms with E-state index in [0.717, 1.165) is 6.42 Å². The summed E-state index contributed by atoms with van der Waals surface area (Å²) >= 11 is 1.74. The van der Waals surface area contributed by atoms with Crippen LogP contribution in [0.3, 0.4) is 0 Å². The van der Waals surface area contributed by atoms with Gasteiger partial charge in [-0.1, -0.05) is 13.3 Å². The Kier molecular flexibility index (Phi) is 6.44. The van der Waals surface area contributed by atoms with E-state index >= 15 is 0 Å². The molecule has 54 valence electrons. The number of thioether (sulfide) groups is 1. The van der Waals surface area contributed by atoms with Gasteiger partial charge in [-0.3, -0.25) is 0 Å². The van der Waals surface area contributed by atoms with Crippen molar-refractivity contribution in [3.05, 3.63) is 29.8 Å². The Morgan fingerprint density at radius 3 is 2.73 bits per heavy atom. The number of benzene rings is 1. The fraction of sp³-hybridized carbons (Fsp3) is 0.333. The normalized spacial score (nSPS) is 8.91. The van der Waals surface area contributed by atoms with Crippen LogP contribution in [0, 0.1) is 6.07 Å². The molecular weight excluding hydrogens is 163 g/mol. The first-order valence-corrected chi connectivity index (χ1v) is 4.64. The Morgan fingerprint density at radius 2 is 2.18 bits per heavy atom. The van der Waals surface area contributed by atoms with E-state index in [-0.39, 0.29) is 29.6 Å². The molecule has 0 saturated heterocycles. The molecule has 0 spiro atoms. The molecule has 0 aromatic heterocycles. The van der Waals surface area contributed by atoms with E-state index in [2.05, 4.69) is 37.4 Å². The molecule has 11 heavy (non-hydrogen) atoms. The zero-order chi connectivity index (χ0) is 7.40. The van der Waals surface area contributed by atoms with E-state index in [1.807, 2.05) is 0 Å². The summed E-state index contributed by atoms with van der Waals surface area (Å²) in [6.07, 6.45) is 3.15. The molecule has 0 aliphatic heterocycles. The van der Waals surface area contributed by atoms with E-state index in [9.17, 15) is 0 Å². The standard InChI is InChI=1S/C9H11S.Na/c1-3-8-5-4-6-9(7-8)10-2;/h4-6H,3H2,1-2H3;/q-1;+1. The van der Waals surface area contributed by atoms with Crippen molar-refractivity contribution in [1.29, 1.82) is 0 Å². The van der Waals surface area contributed by atoms with Crippen LogP contribution >= 0.6 is 11.8 Å². The van der Waals surface area contributed by atoms with Crippen LogP contribution in [-0.4, -0.2) is 6.26 Å². The third-order valence-electron chi connectivity index (χ3n) is 1.43. The van der Waals surface area contributed by atoms with Crippen LogP contribution in [0.15, 0.2) is 23.1 Å². The van der Waals surface area contributed by atoms with Gasteiger partial charge in [0, 0.05) is 0 Å². The molecule has 0 nitrogen and oxygen atoms in total. The fourth-order valence-electron chi connectivity index (χ4n) is 0.819. The monoisotopic (exact) mass is 174 g/mol. The fourth-order valence-corrected chi connectivity index (χ4v) is 1.27. The smallest absolute Gasteiger partial charge is 0.171 e. The molecule has 1 aromatic rings. The molecule has 0 saturated carbocycles. The molecule has 1 rings (SSSR count). The van der Waals surface area contributed by atoms with E-state index in [1.54, 1.807) is 11.8 Å². The summed E-state index contributed by atoms with van der Waals surface area (Å²) in [5.41, 5.74) is 1.30. The summed E-state index contributed by atoms with van der Waals surface area (Å²) in [6.45, 7) is 2.15. The first-order valence-electron chi connectivity index (χ1n) is 3.42. The van der Waals surface area contributed by atoms with Crippen LogP contribution in [-0.2, 0) is 6.42 Å². The summed E-state index contributed by atoms with van der Waals surface area (Å²) in [7, 11) is 0. The van der Waals surface area contributed by atoms with Gasteiger partial charge >= 0.3 is 29.6 Å². The molecule has 0 aliphatic carbocycles. The minimum atomic E-state index is 0. The predicted molar refractivity (Wildman–Crippen MR) is 46.4 cm³/mol. The van der Waals surface area contributed by atoms with Crippen LogP contribution in [0.2, 0.25) is 0 Å². The van der Waals surface area contributed by atoms with Gasteiger partial charge in [-0.05, 0) is 6.26 Å². The first-order chi connectivity index (χ1) is 4.86. The summed E-state index contributed by atoms with van der Waals surface area (Å²) in [5, 5.41) is 0. The molecule has 0 amide bonds. The predicted octanol–water partition coefficient (Wildman–Crippen LogP) is -0.225. The Labute approximate surface area is 95.1 Å². The van der Waals surface area contributed by atoms with Crippen LogP contribution in [0.25, 0.3) is 0 Å². The maximum Gasteiger partial charge on any atom is 1.00 e. The van der Waals surface area contributed by atoms with Crippen molar-refractivity contribution in [2.75, 3.05) is 6.26 Å². The maximum atomic E-state index is 3.31. The van der Waals surface area contributed by atoms with Crippen molar-refractivity contribution in [2.45, 2.75) is 18.2 Å². The van der Waals surface area contributed by atoms with Crippen molar-refractivity contribution in [3.63, 3.8) is 0 Å². The third-order valence-corrected chi connectivity index (χ3v) is 2.11. The minimum Gasteiger partial charge on any atom is -0.171 e. The van der Waals surface area contributed by atoms with Crippen LogP contribution in [0.4, 0.5) is 0 Å². The molecular formula is C9H11NaS. The van der Waals surface area contributed by atoms with E-state index in [4.69, 9.17) is 0 Å². The Balaban J connectivity index is 0.000001000. The molecule has 0 unspecified atom stereocenters. The van der Waals surface area contributed by atoms with Gasteiger partial charge in [0.1, 0.15) is 0 Å². The van der Waals surface area contributed by atoms with Gasteiger partial charge in [0.2, 0.25) is 0 Å². The first kappa shape index (κ1) is 11.6. The van der Waals surface area contributed by atoms with Gasteiger partial charge in [-0.25, -0.2) is 0 Å². The van der Waals surface area contributed by atoms with E-state index in [1.165, 1.54) is 10.5 Å². The molecule has 0 atom stereocenters. The second kappa shape index (κ2) is 6.13. The molecule has 0 bridgehead atoms. The maximum absolute atomic E-state index is 3.31. The minimum absolute atomic E-state index is 0. The largest absolute Gasteiger partial charge is 1.00 e. The average molecular weight is 174 g/mol.